The van der Waals surface area contributed by atoms with Crippen molar-refractivity contribution in [2.45, 2.75) is 25.4 Å². The van der Waals surface area contributed by atoms with E-state index in [0.29, 0.717) is 23.1 Å². The molecule has 0 saturated heterocycles. The highest BCUT2D eigenvalue weighted by Gasteiger charge is 2.35. The second kappa shape index (κ2) is 9.07. The molecule has 0 radical (unpaired) electrons. The normalized spacial score (nSPS) is 15.0. The molecule has 1 aromatic heterocycles. The summed E-state index contributed by atoms with van der Waals surface area (Å²) < 4.78 is 20.9. The Balaban J connectivity index is 1.69. The van der Waals surface area contributed by atoms with Gasteiger partial charge in [-0.25, -0.2) is 0 Å². The van der Waals surface area contributed by atoms with E-state index in [4.69, 9.17) is 18.9 Å². The van der Waals surface area contributed by atoms with Crippen LogP contribution in [0.4, 0.5) is 5.00 Å². The maximum Gasteiger partial charge on any atom is 0.313 e. The predicted molar refractivity (Wildman–Crippen MR) is 105 cm³/mol. The summed E-state index contributed by atoms with van der Waals surface area (Å²) in [5.74, 6) is 0.460. The number of carbonyl (C=O) groups is 2. The van der Waals surface area contributed by atoms with Gasteiger partial charge < -0.3 is 24.3 Å². The van der Waals surface area contributed by atoms with Gasteiger partial charge in [-0.2, -0.15) is 0 Å². The summed E-state index contributed by atoms with van der Waals surface area (Å²) >= 11 is 1.48. The summed E-state index contributed by atoms with van der Waals surface area (Å²) in [7, 11) is 4.57. The summed E-state index contributed by atoms with van der Waals surface area (Å²) in [4.78, 5) is 25.6. The first-order valence-electron chi connectivity index (χ1n) is 8.85. The Morgan fingerprint density at radius 2 is 1.86 bits per heavy atom. The molecule has 0 saturated carbocycles. The Hall–Kier alpha value is -2.58. The molecule has 1 heterocycles. The largest absolute Gasteiger partial charge is 0.497 e. The van der Waals surface area contributed by atoms with E-state index in [1.165, 1.54) is 18.4 Å². The lowest BCUT2D eigenvalue weighted by Gasteiger charge is -2.13. The molecule has 0 spiro atoms. The molecule has 28 heavy (non-hydrogen) atoms. The third kappa shape index (κ3) is 4.28. The number of methoxy groups -OCH3 is 3. The molecule has 7 nitrogen and oxygen atoms in total. The molecule has 8 heteroatoms. The minimum Gasteiger partial charge on any atom is -0.497 e. The molecule has 1 aliphatic carbocycles. The zero-order valence-corrected chi connectivity index (χ0v) is 16.9. The van der Waals surface area contributed by atoms with E-state index in [1.807, 2.05) is 0 Å². The van der Waals surface area contributed by atoms with Gasteiger partial charge in [0.15, 0.2) is 6.61 Å². The first-order chi connectivity index (χ1) is 13.6. The highest BCUT2D eigenvalue weighted by Crippen LogP contribution is 2.45. The van der Waals surface area contributed by atoms with Gasteiger partial charge in [0.2, 0.25) is 0 Å². The third-order valence-corrected chi connectivity index (χ3v) is 5.81. The monoisotopic (exact) mass is 405 g/mol. The lowest BCUT2D eigenvalue weighted by molar-refractivity contribution is -0.142. The van der Waals surface area contributed by atoms with Crippen LogP contribution in [0.2, 0.25) is 0 Å². The standard InChI is InChI=1S/C20H23NO6S/c1-24-10-15-18-14(20(23)26-3)8-9-16(18)28-19(15)21-17(22)11-27-13-6-4-12(25-2)5-7-13/h4-7,14H,8-11H2,1-3H3,(H,21,22). The molecule has 1 atom stereocenters. The fourth-order valence-electron chi connectivity index (χ4n) is 3.29. The lowest BCUT2D eigenvalue weighted by Crippen LogP contribution is -2.20. The average Bonchev–Trinajstić information content (AvgIpc) is 3.26. The summed E-state index contributed by atoms with van der Waals surface area (Å²) in [6, 6.07) is 7.01. The molecular formula is C20H23NO6S. The number of nitrogens with one attached hydrogen (secondary N) is 1. The van der Waals surface area contributed by atoms with Crippen molar-refractivity contribution in [1.82, 2.24) is 0 Å². The molecule has 3 rings (SSSR count). The summed E-state index contributed by atoms with van der Waals surface area (Å²) in [5, 5.41) is 3.59. The molecule has 1 aromatic carbocycles. The number of ether oxygens (including phenoxy) is 4. The number of thiophene rings is 1. The van der Waals surface area contributed by atoms with E-state index in [9.17, 15) is 9.59 Å². The van der Waals surface area contributed by atoms with Gasteiger partial charge in [-0.05, 0) is 42.7 Å². The summed E-state index contributed by atoms with van der Waals surface area (Å²) in [5.41, 5.74) is 1.78. The number of aryl methyl sites for hydroxylation is 1. The molecule has 1 N–H and O–H groups in total. The zero-order valence-electron chi connectivity index (χ0n) is 16.1. The van der Waals surface area contributed by atoms with E-state index in [-0.39, 0.29) is 24.4 Å². The van der Waals surface area contributed by atoms with Crippen LogP contribution < -0.4 is 14.8 Å². The average molecular weight is 405 g/mol. The number of benzene rings is 1. The van der Waals surface area contributed by atoms with E-state index in [2.05, 4.69) is 5.32 Å². The number of hydrogen-bond acceptors (Lipinski definition) is 7. The Morgan fingerprint density at radius 3 is 2.50 bits per heavy atom. The van der Waals surface area contributed by atoms with Gasteiger partial charge in [-0.15, -0.1) is 11.3 Å². The highest BCUT2D eigenvalue weighted by molar-refractivity contribution is 7.16. The summed E-state index contributed by atoms with van der Waals surface area (Å²) in [6.07, 6.45) is 1.51. The Labute approximate surface area is 167 Å². The lowest BCUT2D eigenvalue weighted by atomic mass is 10.00. The Kier molecular flexibility index (Phi) is 6.53. The number of esters is 1. The fraction of sp³-hybridized carbons (Fsp3) is 0.400. The van der Waals surface area contributed by atoms with Crippen LogP contribution in [-0.2, 0) is 32.1 Å². The molecule has 0 bridgehead atoms. The van der Waals surface area contributed by atoms with E-state index in [1.54, 1.807) is 38.5 Å². The molecule has 150 valence electrons. The van der Waals surface area contributed by atoms with Crippen molar-refractivity contribution in [2.24, 2.45) is 0 Å². The van der Waals surface area contributed by atoms with Crippen LogP contribution >= 0.6 is 11.3 Å². The highest BCUT2D eigenvalue weighted by atomic mass is 32.1. The van der Waals surface area contributed by atoms with Gasteiger partial charge in [0.05, 0.1) is 26.7 Å². The molecule has 0 aliphatic heterocycles. The van der Waals surface area contributed by atoms with Crippen molar-refractivity contribution in [3.63, 3.8) is 0 Å². The number of rotatable bonds is 8. The number of fused-ring (bicyclic) bond motifs is 1. The number of hydrogen-bond donors (Lipinski definition) is 1. The minimum atomic E-state index is -0.303. The maximum atomic E-state index is 12.4. The first kappa shape index (κ1) is 20.2. The Morgan fingerprint density at radius 1 is 1.14 bits per heavy atom. The molecule has 0 fully saturated rings. The van der Waals surface area contributed by atoms with Crippen LogP contribution in [0.5, 0.6) is 11.5 Å². The van der Waals surface area contributed by atoms with E-state index < -0.39 is 0 Å². The van der Waals surface area contributed by atoms with Gasteiger partial charge in [0, 0.05) is 17.6 Å². The van der Waals surface area contributed by atoms with Crippen LogP contribution in [0.3, 0.4) is 0 Å². The molecular weight excluding hydrogens is 382 g/mol. The van der Waals surface area contributed by atoms with Crippen LogP contribution in [0.1, 0.15) is 28.3 Å². The number of carbonyl (C=O) groups excluding carboxylic acids is 2. The predicted octanol–water partition coefficient (Wildman–Crippen LogP) is 3.12. The van der Waals surface area contributed by atoms with Gasteiger partial charge in [-0.1, -0.05) is 0 Å². The molecule has 1 unspecified atom stereocenters. The number of amides is 1. The van der Waals surface area contributed by atoms with Crippen molar-refractivity contribution >= 4 is 28.2 Å². The van der Waals surface area contributed by atoms with Crippen molar-refractivity contribution in [1.29, 1.82) is 0 Å². The fourth-order valence-corrected chi connectivity index (χ4v) is 4.59. The smallest absolute Gasteiger partial charge is 0.313 e. The third-order valence-electron chi connectivity index (χ3n) is 4.59. The van der Waals surface area contributed by atoms with Crippen LogP contribution in [0.25, 0.3) is 0 Å². The molecule has 1 amide bonds. The van der Waals surface area contributed by atoms with Gasteiger partial charge in [0.25, 0.3) is 5.91 Å². The summed E-state index contributed by atoms with van der Waals surface area (Å²) in [6.45, 7) is 0.191. The van der Waals surface area contributed by atoms with E-state index in [0.717, 1.165) is 28.8 Å². The van der Waals surface area contributed by atoms with Crippen LogP contribution in [-0.4, -0.2) is 39.8 Å². The maximum absolute atomic E-state index is 12.4. The van der Waals surface area contributed by atoms with E-state index >= 15 is 0 Å². The number of anilines is 1. The SMILES string of the molecule is COCc1c(NC(=O)COc2ccc(OC)cc2)sc2c1C(C(=O)OC)CC2. The minimum absolute atomic E-state index is 0.123. The van der Waals surface area contributed by atoms with Gasteiger partial charge >= 0.3 is 5.97 Å². The van der Waals surface area contributed by atoms with Crippen molar-refractivity contribution in [3.05, 3.63) is 40.3 Å². The first-order valence-corrected chi connectivity index (χ1v) is 9.67. The van der Waals surface area contributed by atoms with Crippen LogP contribution in [0.15, 0.2) is 24.3 Å². The Bertz CT molecular complexity index is 845. The molecule has 2 aromatic rings. The second-order valence-corrected chi connectivity index (χ2v) is 7.41. The van der Waals surface area contributed by atoms with Crippen LogP contribution in [0, 0.1) is 0 Å². The quantitative estimate of drug-likeness (QED) is 0.680. The van der Waals surface area contributed by atoms with Gasteiger partial charge in [-0.3, -0.25) is 9.59 Å². The van der Waals surface area contributed by atoms with Gasteiger partial charge in [0.1, 0.15) is 16.5 Å². The zero-order chi connectivity index (χ0) is 20.1. The van der Waals surface area contributed by atoms with Crippen molar-refractivity contribution in [2.75, 3.05) is 33.3 Å². The van der Waals surface area contributed by atoms with Crippen molar-refractivity contribution < 1.29 is 28.5 Å². The second-order valence-electron chi connectivity index (χ2n) is 6.31. The van der Waals surface area contributed by atoms with Crippen molar-refractivity contribution in [3.8, 4) is 11.5 Å². The molecule has 1 aliphatic rings. The topological polar surface area (TPSA) is 83.1 Å².